The maximum atomic E-state index is 4.70. The molecule has 1 saturated carbocycles. The standard InChI is InChI=1S/C16H26BrN3/c1-4-7-20(11-13-5-6-13)16-14(9-18-12(2)3)8-15(17)10-19-16/h8,10,12-13,18H,4-7,9,11H2,1-3H3. The molecule has 0 amide bonds. The molecule has 1 aliphatic rings. The Labute approximate surface area is 131 Å². The second-order valence-corrected chi connectivity index (χ2v) is 6.98. The lowest BCUT2D eigenvalue weighted by Crippen LogP contribution is -2.30. The largest absolute Gasteiger partial charge is 0.356 e. The summed E-state index contributed by atoms with van der Waals surface area (Å²) in [4.78, 5) is 7.17. The number of hydrogen-bond acceptors (Lipinski definition) is 3. The number of halogens is 1. The van der Waals surface area contributed by atoms with Crippen molar-refractivity contribution >= 4 is 21.7 Å². The molecule has 1 aromatic rings. The molecule has 0 radical (unpaired) electrons. The van der Waals surface area contributed by atoms with Gasteiger partial charge in [-0.15, -0.1) is 0 Å². The van der Waals surface area contributed by atoms with Gasteiger partial charge in [-0.25, -0.2) is 4.98 Å². The van der Waals surface area contributed by atoms with Crippen molar-refractivity contribution in [3.8, 4) is 0 Å². The fraction of sp³-hybridized carbons (Fsp3) is 0.688. The monoisotopic (exact) mass is 339 g/mol. The van der Waals surface area contributed by atoms with Crippen LogP contribution in [0.15, 0.2) is 16.7 Å². The minimum atomic E-state index is 0.491. The summed E-state index contributed by atoms with van der Waals surface area (Å²) >= 11 is 3.55. The first-order chi connectivity index (χ1) is 9.60. The van der Waals surface area contributed by atoms with E-state index in [1.807, 2.05) is 6.20 Å². The molecule has 0 unspecified atom stereocenters. The van der Waals surface area contributed by atoms with Gasteiger partial charge in [-0.05, 0) is 47.2 Å². The van der Waals surface area contributed by atoms with Crippen LogP contribution < -0.4 is 10.2 Å². The van der Waals surface area contributed by atoms with Crippen molar-refractivity contribution < 1.29 is 0 Å². The van der Waals surface area contributed by atoms with Crippen molar-refractivity contribution in [1.29, 1.82) is 0 Å². The van der Waals surface area contributed by atoms with Crippen LogP contribution in [0.5, 0.6) is 0 Å². The zero-order valence-corrected chi connectivity index (χ0v) is 14.4. The third-order valence-electron chi connectivity index (χ3n) is 3.58. The van der Waals surface area contributed by atoms with Gasteiger partial charge in [0.2, 0.25) is 0 Å². The third-order valence-corrected chi connectivity index (χ3v) is 4.01. The van der Waals surface area contributed by atoms with Gasteiger partial charge >= 0.3 is 0 Å². The van der Waals surface area contributed by atoms with E-state index < -0.39 is 0 Å². The Hall–Kier alpha value is -0.610. The zero-order valence-electron chi connectivity index (χ0n) is 12.8. The van der Waals surface area contributed by atoms with Crippen molar-refractivity contribution in [3.05, 3.63) is 22.3 Å². The van der Waals surface area contributed by atoms with Crippen molar-refractivity contribution in [3.63, 3.8) is 0 Å². The second kappa shape index (κ2) is 7.41. The van der Waals surface area contributed by atoms with Gasteiger partial charge in [0.05, 0.1) is 0 Å². The molecule has 0 atom stereocenters. The maximum Gasteiger partial charge on any atom is 0.133 e. The predicted octanol–water partition coefficient (Wildman–Crippen LogP) is 3.97. The van der Waals surface area contributed by atoms with Crippen LogP contribution >= 0.6 is 15.9 Å². The molecular formula is C16H26BrN3. The van der Waals surface area contributed by atoms with Crippen LogP contribution in [0.1, 0.15) is 45.6 Å². The lowest BCUT2D eigenvalue weighted by Gasteiger charge is -2.26. The number of hydrogen-bond donors (Lipinski definition) is 1. The zero-order chi connectivity index (χ0) is 14.5. The average molecular weight is 340 g/mol. The van der Waals surface area contributed by atoms with Gasteiger partial charge in [0, 0.05) is 41.9 Å². The van der Waals surface area contributed by atoms with Crippen LogP contribution in [0.2, 0.25) is 0 Å². The fourth-order valence-corrected chi connectivity index (χ4v) is 2.75. The van der Waals surface area contributed by atoms with Gasteiger partial charge in [-0.3, -0.25) is 0 Å². The molecular weight excluding hydrogens is 314 g/mol. The Morgan fingerprint density at radius 3 is 2.80 bits per heavy atom. The van der Waals surface area contributed by atoms with Crippen LogP contribution in [0.25, 0.3) is 0 Å². The molecule has 0 bridgehead atoms. The van der Waals surface area contributed by atoms with Gasteiger partial charge in [0.1, 0.15) is 5.82 Å². The van der Waals surface area contributed by atoms with E-state index in [1.165, 1.54) is 24.8 Å². The Morgan fingerprint density at radius 1 is 1.45 bits per heavy atom. The average Bonchev–Trinajstić information content (AvgIpc) is 3.20. The number of nitrogens with one attached hydrogen (secondary N) is 1. The number of anilines is 1. The summed E-state index contributed by atoms with van der Waals surface area (Å²) in [6, 6.07) is 2.69. The van der Waals surface area contributed by atoms with Crippen LogP contribution in [-0.2, 0) is 6.54 Å². The van der Waals surface area contributed by atoms with E-state index in [2.05, 4.69) is 53.0 Å². The second-order valence-electron chi connectivity index (χ2n) is 6.06. The Kier molecular flexibility index (Phi) is 5.85. The SMILES string of the molecule is CCCN(CC1CC1)c1ncc(Br)cc1CNC(C)C. The molecule has 20 heavy (non-hydrogen) atoms. The first-order valence-electron chi connectivity index (χ1n) is 7.73. The first kappa shape index (κ1) is 15.8. The molecule has 112 valence electrons. The summed E-state index contributed by atoms with van der Waals surface area (Å²) < 4.78 is 1.06. The van der Waals surface area contributed by atoms with Crippen molar-refractivity contribution in [2.45, 2.75) is 52.6 Å². The van der Waals surface area contributed by atoms with Gasteiger partial charge < -0.3 is 10.2 Å². The summed E-state index contributed by atoms with van der Waals surface area (Å²) in [6.07, 6.45) is 5.86. The highest BCUT2D eigenvalue weighted by molar-refractivity contribution is 9.10. The van der Waals surface area contributed by atoms with E-state index in [0.717, 1.165) is 35.8 Å². The highest BCUT2D eigenvalue weighted by Gasteiger charge is 2.25. The predicted molar refractivity (Wildman–Crippen MR) is 89.1 cm³/mol. The van der Waals surface area contributed by atoms with E-state index >= 15 is 0 Å². The smallest absolute Gasteiger partial charge is 0.133 e. The van der Waals surface area contributed by atoms with Gasteiger partial charge in [-0.1, -0.05) is 20.8 Å². The molecule has 4 heteroatoms. The number of rotatable bonds is 8. The Bertz CT molecular complexity index is 430. The lowest BCUT2D eigenvalue weighted by atomic mass is 10.2. The third kappa shape index (κ3) is 4.74. The maximum absolute atomic E-state index is 4.70. The highest BCUT2D eigenvalue weighted by Crippen LogP contribution is 2.32. The summed E-state index contributed by atoms with van der Waals surface area (Å²) in [5.74, 6) is 2.05. The molecule has 3 nitrogen and oxygen atoms in total. The molecule has 1 aliphatic carbocycles. The summed E-state index contributed by atoms with van der Waals surface area (Å²) in [5, 5.41) is 3.51. The van der Waals surface area contributed by atoms with Gasteiger partial charge in [0.15, 0.2) is 0 Å². The molecule has 1 fully saturated rings. The van der Waals surface area contributed by atoms with Crippen molar-refractivity contribution in [2.24, 2.45) is 5.92 Å². The molecule has 2 rings (SSSR count). The first-order valence-corrected chi connectivity index (χ1v) is 8.52. The minimum absolute atomic E-state index is 0.491. The number of aromatic nitrogens is 1. The summed E-state index contributed by atoms with van der Waals surface area (Å²) in [7, 11) is 0. The molecule has 0 aromatic carbocycles. The molecule has 1 heterocycles. The van der Waals surface area contributed by atoms with E-state index in [-0.39, 0.29) is 0 Å². The highest BCUT2D eigenvalue weighted by atomic mass is 79.9. The van der Waals surface area contributed by atoms with Crippen LogP contribution in [0.4, 0.5) is 5.82 Å². The van der Waals surface area contributed by atoms with E-state index in [1.54, 1.807) is 0 Å². The molecule has 1 aromatic heterocycles. The topological polar surface area (TPSA) is 28.2 Å². The minimum Gasteiger partial charge on any atom is -0.356 e. The van der Waals surface area contributed by atoms with E-state index in [4.69, 9.17) is 4.98 Å². The summed E-state index contributed by atoms with van der Waals surface area (Å²) in [5.41, 5.74) is 1.29. The molecule has 0 spiro atoms. The number of pyridine rings is 1. The Morgan fingerprint density at radius 2 is 2.20 bits per heavy atom. The van der Waals surface area contributed by atoms with E-state index in [9.17, 15) is 0 Å². The Balaban J connectivity index is 2.16. The van der Waals surface area contributed by atoms with Crippen molar-refractivity contribution in [2.75, 3.05) is 18.0 Å². The van der Waals surface area contributed by atoms with Gasteiger partial charge in [0.25, 0.3) is 0 Å². The van der Waals surface area contributed by atoms with Crippen LogP contribution in [0, 0.1) is 5.92 Å². The van der Waals surface area contributed by atoms with Crippen molar-refractivity contribution in [1.82, 2.24) is 10.3 Å². The van der Waals surface area contributed by atoms with Gasteiger partial charge in [-0.2, -0.15) is 0 Å². The summed E-state index contributed by atoms with van der Waals surface area (Å²) in [6.45, 7) is 9.74. The normalized spacial score (nSPS) is 14.8. The molecule has 0 saturated heterocycles. The molecule has 0 aliphatic heterocycles. The lowest BCUT2D eigenvalue weighted by molar-refractivity contribution is 0.585. The molecule has 1 N–H and O–H groups in total. The van der Waals surface area contributed by atoms with Crippen LogP contribution in [0.3, 0.4) is 0 Å². The van der Waals surface area contributed by atoms with Crippen LogP contribution in [-0.4, -0.2) is 24.1 Å². The number of nitrogens with zero attached hydrogens (tertiary/aromatic N) is 2. The fourth-order valence-electron chi connectivity index (χ4n) is 2.37. The van der Waals surface area contributed by atoms with E-state index in [0.29, 0.717) is 6.04 Å². The quantitative estimate of drug-likeness (QED) is 0.776.